The summed E-state index contributed by atoms with van der Waals surface area (Å²) in [5, 5.41) is 3.17. The Kier molecular flexibility index (Phi) is 3.71. The molecule has 0 fully saturated rings. The van der Waals surface area contributed by atoms with Gasteiger partial charge in [-0.3, -0.25) is 4.98 Å². The summed E-state index contributed by atoms with van der Waals surface area (Å²) >= 11 is 5.66. The highest BCUT2D eigenvalue weighted by Crippen LogP contribution is 2.28. The molecule has 1 N–H and O–H groups in total. The summed E-state index contributed by atoms with van der Waals surface area (Å²) in [5.74, 6) is 0.157. The number of nitrogens with one attached hydrogen (secondary N) is 1. The fraction of sp³-hybridized carbons (Fsp3) is 0.286. The van der Waals surface area contributed by atoms with Crippen molar-refractivity contribution in [3.8, 4) is 0 Å². The molecule has 0 aliphatic heterocycles. The van der Waals surface area contributed by atoms with E-state index in [2.05, 4.69) is 15.3 Å². The molecule has 0 atom stereocenters. The van der Waals surface area contributed by atoms with Gasteiger partial charge in [0.1, 0.15) is 5.82 Å². The highest BCUT2D eigenvalue weighted by atomic mass is 35.5. The summed E-state index contributed by atoms with van der Waals surface area (Å²) in [5.41, 5.74) is 1.26. The number of aromatic nitrogens is 2. The Morgan fingerprint density at radius 2 is 1.84 bits per heavy atom. The molecular weight excluding hydrogens is 265 g/mol. The van der Waals surface area contributed by atoms with Gasteiger partial charge in [-0.1, -0.05) is 32.4 Å². The Morgan fingerprint density at radius 1 is 1.16 bits per heavy atom. The number of rotatable bonds is 2. The molecule has 0 spiro atoms. The van der Waals surface area contributed by atoms with E-state index in [1.165, 1.54) is 12.1 Å². The summed E-state index contributed by atoms with van der Waals surface area (Å²) in [7, 11) is 0. The minimum absolute atomic E-state index is 0.0979. The lowest BCUT2D eigenvalue weighted by molar-refractivity contribution is 0.568. The summed E-state index contributed by atoms with van der Waals surface area (Å²) in [6, 6.07) is 4.54. The molecule has 3 nitrogen and oxygen atoms in total. The van der Waals surface area contributed by atoms with Crippen molar-refractivity contribution >= 4 is 23.1 Å². The Morgan fingerprint density at radius 3 is 2.47 bits per heavy atom. The Labute approximate surface area is 116 Å². The molecule has 0 bridgehead atoms. The first-order valence-corrected chi connectivity index (χ1v) is 6.29. The van der Waals surface area contributed by atoms with Crippen LogP contribution in [0.1, 0.15) is 26.5 Å². The Hall–Kier alpha value is -1.68. The molecule has 0 aliphatic carbocycles. The van der Waals surface area contributed by atoms with Crippen LogP contribution in [-0.4, -0.2) is 9.97 Å². The van der Waals surface area contributed by atoms with Crippen LogP contribution >= 0.6 is 11.6 Å². The van der Waals surface area contributed by atoms with Gasteiger partial charge in [-0.2, -0.15) is 0 Å². The van der Waals surface area contributed by atoms with Gasteiger partial charge in [0.15, 0.2) is 5.82 Å². The van der Waals surface area contributed by atoms with Crippen molar-refractivity contribution in [2.45, 2.75) is 26.2 Å². The second-order valence-corrected chi connectivity index (χ2v) is 5.66. The number of halogens is 2. The Bertz CT molecular complexity index is 593. The van der Waals surface area contributed by atoms with Crippen LogP contribution in [0.2, 0.25) is 5.02 Å². The zero-order valence-corrected chi connectivity index (χ0v) is 11.8. The first-order chi connectivity index (χ1) is 8.88. The monoisotopic (exact) mass is 279 g/mol. The topological polar surface area (TPSA) is 37.8 Å². The van der Waals surface area contributed by atoms with Crippen LogP contribution < -0.4 is 5.32 Å². The van der Waals surface area contributed by atoms with Crippen LogP contribution in [0.5, 0.6) is 0 Å². The van der Waals surface area contributed by atoms with Crippen molar-refractivity contribution < 1.29 is 4.39 Å². The molecule has 5 heteroatoms. The predicted octanol–water partition coefficient (Wildman–Crippen LogP) is 4.31. The molecule has 2 rings (SSSR count). The van der Waals surface area contributed by atoms with Gasteiger partial charge < -0.3 is 5.32 Å². The van der Waals surface area contributed by atoms with Gasteiger partial charge in [-0.05, 0) is 18.2 Å². The maximum absolute atomic E-state index is 13.4. The average Bonchev–Trinajstić information content (AvgIpc) is 2.33. The van der Waals surface area contributed by atoms with Crippen LogP contribution in [0.25, 0.3) is 0 Å². The molecule has 0 radical (unpaired) electrons. The van der Waals surface area contributed by atoms with Crippen molar-refractivity contribution in [2.24, 2.45) is 0 Å². The minimum Gasteiger partial charge on any atom is -0.339 e. The third kappa shape index (κ3) is 3.20. The van der Waals surface area contributed by atoms with Gasteiger partial charge in [0.2, 0.25) is 0 Å². The van der Waals surface area contributed by atoms with Crippen LogP contribution in [0.4, 0.5) is 15.9 Å². The third-order valence-electron chi connectivity index (χ3n) is 2.59. The summed E-state index contributed by atoms with van der Waals surface area (Å²) < 4.78 is 13.4. The van der Waals surface area contributed by atoms with Gasteiger partial charge >= 0.3 is 0 Å². The molecule has 0 unspecified atom stereocenters. The van der Waals surface area contributed by atoms with Gasteiger partial charge in [0, 0.05) is 23.5 Å². The maximum Gasteiger partial charge on any atom is 0.152 e. The van der Waals surface area contributed by atoms with Crippen molar-refractivity contribution in [1.29, 1.82) is 0 Å². The fourth-order valence-corrected chi connectivity index (χ4v) is 1.81. The lowest BCUT2D eigenvalue weighted by Crippen LogP contribution is -2.16. The largest absolute Gasteiger partial charge is 0.339 e. The first kappa shape index (κ1) is 13.7. The molecule has 0 saturated heterocycles. The van der Waals surface area contributed by atoms with Crippen LogP contribution in [-0.2, 0) is 5.41 Å². The lowest BCUT2D eigenvalue weighted by atomic mass is 9.91. The zero-order valence-electron chi connectivity index (χ0n) is 11.0. The third-order valence-corrected chi connectivity index (χ3v) is 2.90. The van der Waals surface area contributed by atoms with Crippen LogP contribution in [0.15, 0.2) is 30.6 Å². The Balaban J connectivity index is 2.36. The van der Waals surface area contributed by atoms with Gasteiger partial charge in [-0.25, -0.2) is 9.37 Å². The number of anilines is 2. The van der Waals surface area contributed by atoms with E-state index in [1.54, 1.807) is 18.5 Å². The van der Waals surface area contributed by atoms with Crippen LogP contribution in [0, 0.1) is 5.82 Å². The average molecular weight is 280 g/mol. The van der Waals surface area contributed by atoms with E-state index in [0.29, 0.717) is 11.5 Å². The van der Waals surface area contributed by atoms with Crippen molar-refractivity contribution in [3.63, 3.8) is 0 Å². The molecule has 1 heterocycles. The summed E-state index contributed by atoms with van der Waals surface area (Å²) in [6.45, 7) is 6.14. The summed E-state index contributed by atoms with van der Waals surface area (Å²) in [6.07, 6.45) is 3.25. The molecule has 1 aromatic heterocycles. The van der Waals surface area contributed by atoms with E-state index >= 15 is 0 Å². The molecular formula is C14H15ClFN3. The molecule has 2 aromatic rings. The predicted molar refractivity (Wildman–Crippen MR) is 75.4 cm³/mol. The first-order valence-electron chi connectivity index (χ1n) is 5.91. The van der Waals surface area contributed by atoms with E-state index in [0.717, 1.165) is 5.69 Å². The van der Waals surface area contributed by atoms with E-state index in [-0.39, 0.29) is 10.4 Å². The number of nitrogens with zero attached hydrogens (tertiary/aromatic N) is 2. The lowest BCUT2D eigenvalue weighted by Gasteiger charge is -2.20. The molecule has 100 valence electrons. The standard InChI is InChI=1S/C14H15ClFN3/c1-14(2,3)12-13(18-7-6-17-12)19-9-4-5-10(15)11(16)8-9/h4-8H,1-3H3,(H,18,19). The highest BCUT2D eigenvalue weighted by molar-refractivity contribution is 6.30. The van der Waals surface area contributed by atoms with Gasteiger partial charge in [0.25, 0.3) is 0 Å². The smallest absolute Gasteiger partial charge is 0.152 e. The van der Waals surface area contributed by atoms with E-state index in [1.807, 2.05) is 20.8 Å². The van der Waals surface area contributed by atoms with Gasteiger partial charge in [0.05, 0.1) is 10.7 Å². The van der Waals surface area contributed by atoms with E-state index in [4.69, 9.17) is 11.6 Å². The molecule has 0 saturated carbocycles. The highest BCUT2D eigenvalue weighted by Gasteiger charge is 2.20. The SMILES string of the molecule is CC(C)(C)c1nccnc1Nc1ccc(Cl)c(F)c1. The van der Waals surface area contributed by atoms with E-state index in [9.17, 15) is 4.39 Å². The second-order valence-electron chi connectivity index (χ2n) is 5.26. The number of hydrogen-bond acceptors (Lipinski definition) is 3. The molecule has 0 amide bonds. The van der Waals surface area contributed by atoms with E-state index < -0.39 is 5.82 Å². The zero-order chi connectivity index (χ0) is 14.0. The summed E-state index contributed by atoms with van der Waals surface area (Å²) in [4.78, 5) is 8.60. The fourth-order valence-electron chi connectivity index (χ4n) is 1.69. The van der Waals surface area contributed by atoms with Crippen molar-refractivity contribution in [3.05, 3.63) is 47.1 Å². The molecule has 1 aromatic carbocycles. The second kappa shape index (κ2) is 5.13. The number of hydrogen-bond donors (Lipinski definition) is 1. The maximum atomic E-state index is 13.4. The molecule has 19 heavy (non-hydrogen) atoms. The number of benzene rings is 1. The van der Waals surface area contributed by atoms with Gasteiger partial charge in [-0.15, -0.1) is 0 Å². The van der Waals surface area contributed by atoms with Crippen molar-refractivity contribution in [1.82, 2.24) is 9.97 Å². The minimum atomic E-state index is -0.465. The quantitative estimate of drug-likeness (QED) is 0.890. The van der Waals surface area contributed by atoms with Crippen LogP contribution in [0.3, 0.4) is 0 Å². The normalized spacial score (nSPS) is 11.4. The molecule has 0 aliphatic rings. The van der Waals surface area contributed by atoms with Crippen molar-refractivity contribution in [2.75, 3.05) is 5.32 Å².